The second kappa shape index (κ2) is 5.78. The van der Waals surface area contributed by atoms with Crippen molar-refractivity contribution in [2.45, 2.75) is 26.2 Å². The predicted octanol–water partition coefficient (Wildman–Crippen LogP) is 3.30. The van der Waals surface area contributed by atoms with Gasteiger partial charge >= 0.3 is 5.97 Å². The Morgan fingerprint density at radius 2 is 1.90 bits per heavy atom. The van der Waals surface area contributed by atoms with Gasteiger partial charge in [0.15, 0.2) is 0 Å². The number of carbonyl (C=O) groups is 1. The number of nitrogen functional groups attached to an aromatic ring is 1. The molecule has 3 nitrogen and oxygen atoms in total. The monoisotopic (exact) mass is 269 g/mol. The van der Waals surface area contributed by atoms with Gasteiger partial charge in [-0.25, -0.2) is 0 Å². The van der Waals surface area contributed by atoms with E-state index < -0.39 is 11.9 Å². The van der Waals surface area contributed by atoms with Gasteiger partial charge in [0, 0.05) is 5.69 Å². The Morgan fingerprint density at radius 1 is 1.15 bits per heavy atom. The maximum Gasteiger partial charge on any atom is 0.311 e. The van der Waals surface area contributed by atoms with Gasteiger partial charge in [0.1, 0.15) is 0 Å². The number of aryl methyl sites for hydroxylation is 2. The van der Waals surface area contributed by atoms with E-state index in [-0.39, 0.29) is 0 Å². The summed E-state index contributed by atoms with van der Waals surface area (Å²) in [5.41, 5.74) is 10.5. The Balaban J connectivity index is 2.32. The molecule has 0 aromatic heterocycles. The van der Waals surface area contributed by atoms with E-state index in [0.717, 1.165) is 16.7 Å². The minimum absolute atomic E-state index is 0.447. The van der Waals surface area contributed by atoms with Gasteiger partial charge in [0.05, 0.1) is 5.92 Å². The van der Waals surface area contributed by atoms with Crippen molar-refractivity contribution in [2.75, 3.05) is 5.73 Å². The summed E-state index contributed by atoms with van der Waals surface area (Å²) < 4.78 is 0. The number of anilines is 1. The molecule has 3 N–H and O–H groups in total. The van der Waals surface area contributed by atoms with Crippen molar-refractivity contribution in [1.29, 1.82) is 0 Å². The van der Waals surface area contributed by atoms with Crippen LogP contribution in [0.1, 0.15) is 28.2 Å². The fourth-order valence-corrected chi connectivity index (χ4v) is 2.28. The summed E-state index contributed by atoms with van der Waals surface area (Å²) in [6.07, 6.45) is 0.447. The smallest absolute Gasteiger partial charge is 0.311 e. The second-order valence-corrected chi connectivity index (χ2v) is 5.18. The highest BCUT2D eigenvalue weighted by molar-refractivity contribution is 5.76. The van der Waals surface area contributed by atoms with Crippen LogP contribution in [0, 0.1) is 13.8 Å². The number of nitrogens with two attached hydrogens (primary N) is 1. The Labute approximate surface area is 119 Å². The molecule has 0 aliphatic heterocycles. The summed E-state index contributed by atoms with van der Waals surface area (Å²) in [7, 11) is 0. The van der Waals surface area contributed by atoms with E-state index in [4.69, 9.17) is 5.73 Å². The molecule has 0 aliphatic rings. The molecule has 0 amide bonds. The van der Waals surface area contributed by atoms with Gasteiger partial charge in [-0.15, -0.1) is 0 Å². The molecular formula is C17H19NO2. The molecule has 3 heteroatoms. The average molecular weight is 269 g/mol. The van der Waals surface area contributed by atoms with E-state index in [1.807, 2.05) is 50.2 Å². The molecule has 0 fully saturated rings. The molecule has 104 valence electrons. The van der Waals surface area contributed by atoms with Crippen molar-refractivity contribution in [3.63, 3.8) is 0 Å². The van der Waals surface area contributed by atoms with Crippen LogP contribution in [0.3, 0.4) is 0 Å². The molecule has 0 radical (unpaired) electrons. The quantitative estimate of drug-likeness (QED) is 0.837. The van der Waals surface area contributed by atoms with Crippen molar-refractivity contribution in [1.82, 2.24) is 0 Å². The molecule has 0 aliphatic carbocycles. The molecule has 0 saturated heterocycles. The number of hydrogen-bond donors (Lipinski definition) is 2. The normalized spacial score (nSPS) is 12.1. The van der Waals surface area contributed by atoms with E-state index in [2.05, 4.69) is 0 Å². The lowest BCUT2D eigenvalue weighted by molar-refractivity contribution is -0.138. The van der Waals surface area contributed by atoms with E-state index in [1.54, 1.807) is 6.07 Å². The van der Waals surface area contributed by atoms with Crippen molar-refractivity contribution in [2.24, 2.45) is 0 Å². The van der Waals surface area contributed by atoms with Crippen LogP contribution in [-0.2, 0) is 11.2 Å². The highest BCUT2D eigenvalue weighted by atomic mass is 16.4. The van der Waals surface area contributed by atoms with Crippen LogP contribution in [0.5, 0.6) is 0 Å². The van der Waals surface area contributed by atoms with Crippen LogP contribution in [0.2, 0.25) is 0 Å². The molecule has 1 atom stereocenters. The third-order valence-corrected chi connectivity index (χ3v) is 3.62. The summed E-state index contributed by atoms with van der Waals surface area (Å²) in [6, 6.07) is 13.2. The van der Waals surface area contributed by atoms with Gasteiger partial charge in [-0.05, 0) is 54.7 Å². The molecule has 0 spiro atoms. The van der Waals surface area contributed by atoms with Gasteiger partial charge in [-0.3, -0.25) is 4.79 Å². The Bertz CT molecular complexity index is 635. The highest BCUT2D eigenvalue weighted by Crippen LogP contribution is 2.24. The van der Waals surface area contributed by atoms with Crippen LogP contribution in [0.15, 0.2) is 42.5 Å². The summed E-state index contributed by atoms with van der Waals surface area (Å²) in [5.74, 6) is -1.35. The first-order chi connectivity index (χ1) is 9.47. The highest BCUT2D eigenvalue weighted by Gasteiger charge is 2.20. The molecule has 2 rings (SSSR count). The van der Waals surface area contributed by atoms with Crippen LogP contribution in [0.4, 0.5) is 5.69 Å². The zero-order valence-electron chi connectivity index (χ0n) is 11.8. The van der Waals surface area contributed by atoms with Crippen molar-refractivity contribution >= 4 is 11.7 Å². The predicted molar refractivity (Wildman–Crippen MR) is 80.9 cm³/mol. The van der Waals surface area contributed by atoms with Crippen LogP contribution >= 0.6 is 0 Å². The lowest BCUT2D eigenvalue weighted by Crippen LogP contribution is -2.15. The van der Waals surface area contributed by atoms with Crippen molar-refractivity contribution in [3.8, 4) is 0 Å². The van der Waals surface area contributed by atoms with Gasteiger partial charge in [0.2, 0.25) is 0 Å². The first kappa shape index (κ1) is 14.1. The Kier molecular flexibility index (Phi) is 4.08. The maximum absolute atomic E-state index is 11.6. The number of rotatable bonds is 4. The largest absolute Gasteiger partial charge is 0.481 e. The molecule has 0 saturated carbocycles. The summed E-state index contributed by atoms with van der Waals surface area (Å²) in [5, 5.41) is 9.49. The Hall–Kier alpha value is -2.29. The van der Waals surface area contributed by atoms with E-state index in [9.17, 15) is 9.90 Å². The molecular weight excluding hydrogens is 250 g/mol. The standard InChI is InChI=1S/C17H19NO2/c1-11-6-7-14(8-12(11)2)16(17(19)20)10-13-4-3-5-15(18)9-13/h3-9,16H,10,18H2,1-2H3,(H,19,20). The first-order valence-electron chi connectivity index (χ1n) is 6.61. The zero-order valence-corrected chi connectivity index (χ0v) is 11.8. The first-order valence-corrected chi connectivity index (χ1v) is 6.61. The minimum Gasteiger partial charge on any atom is -0.481 e. The lowest BCUT2D eigenvalue weighted by Gasteiger charge is -2.15. The minimum atomic E-state index is -0.810. The van der Waals surface area contributed by atoms with Gasteiger partial charge in [-0.1, -0.05) is 30.3 Å². The third kappa shape index (κ3) is 3.18. The number of benzene rings is 2. The molecule has 2 aromatic rings. The topological polar surface area (TPSA) is 63.3 Å². The Morgan fingerprint density at radius 3 is 2.50 bits per heavy atom. The molecule has 0 bridgehead atoms. The van der Waals surface area contributed by atoms with E-state index in [0.29, 0.717) is 12.1 Å². The van der Waals surface area contributed by atoms with Gasteiger partial charge < -0.3 is 10.8 Å². The molecule has 1 unspecified atom stereocenters. The molecule has 2 aromatic carbocycles. The number of carboxylic acids is 1. The second-order valence-electron chi connectivity index (χ2n) is 5.18. The van der Waals surface area contributed by atoms with Crippen molar-refractivity contribution in [3.05, 3.63) is 64.7 Å². The molecule has 20 heavy (non-hydrogen) atoms. The molecule has 0 heterocycles. The van der Waals surface area contributed by atoms with E-state index >= 15 is 0 Å². The van der Waals surface area contributed by atoms with Crippen LogP contribution in [-0.4, -0.2) is 11.1 Å². The maximum atomic E-state index is 11.6. The van der Waals surface area contributed by atoms with Crippen LogP contribution in [0.25, 0.3) is 0 Å². The van der Waals surface area contributed by atoms with Crippen LogP contribution < -0.4 is 5.73 Å². The summed E-state index contributed by atoms with van der Waals surface area (Å²) >= 11 is 0. The summed E-state index contributed by atoms with van der Waals surface area (Å²) in [4.78, 5) is 11.6. The van der Waals surface area contributed by atoms with Gasteiger partial charge in [0.25, 0.3) is 0 Å². The SMILES string of the molecule is Cc1ccc(C(Cc2cccc(N)c2)C(=O)O)cc1C. The number of carboxylic acid groups (broad SMARTS) is 1. The number of hydrogen-bond acceptors (Lipinski definition) is 2. The average Bonchev–Trinajstić information content (AvgIpc) is 2.39. The fourth-order valence-electron chi connectivity index (χ4n) is 2.28. The van der Waals surface area contributed by atoms with E-state index in [1.165, 1.54) is 5.56 Å². The van der Waals surface area contributed by atoms with Gasteiger partial charge in [-0.2, -0.15) is 0 Å². The number of aliphatic carboxylic acids is 1. The fraction of sp³-hybridized carbons (Fsp3) is 0.235. The third-order valence-electron chi connectivity index (χ3n) is 3.62. The van der Waals surface area contributed by atoms with Crippen molar-refractivity contribution < 1.29 is 9.90 Å². The zero-order chi connectivity index (χ0) is 14.7. The summed E-state index contributed by atoms with van der Waals surface area (Å²) in [6.45, 7) is 4.02. The lowest BCUT2D eigenvalue weighted by atomic mass is 9.90.